The molecule has 1 unspecified atom stereocenters. The van der Waals surface area contributed by atoms with Crippen LogP contribution < -0.4 is 10.1 Å². The SMILES string of the molecule is O=C1CCC(n2cc(-c3cscc3OCC3CCCCC3)nn2)C(=O)N1. The summed E-state index contributed by atoms with van der Waals surface area (Å²) in [7, 11) is 0. The standard InChI is InChI=1S/C18H22N4O3S/c23-17-7-6-15(18(24)19-17)22-8-14(20-21-22)13-10-26-11-16(13)25-9-12-4-2-1-3-5-12/h8,10-12,15H,1-7,9H2,(H,19,23,24). The van der Waals surface area contributed by atoms with E-state index in [1.165, 1.54) is 32.1 Å². The van der Waals surface area contributed by atoms with Gasteiger partial charge in [-0.2, -0.15) is 0 Å². The van der Waals surface area contributed by atoms with Gasteiger partial charge in [0.25, 0.3) is 5.91 Å². The number of aromatic nitrogens is 3. The van der Waals surface area contributed by atoms with E-state index in [9.17, 15) is 9.59 Å². The average molecular weight is 374 g/mol. The number of thiophene rings is 1. The highest BCUT2D eigenvalue weighted by Gasteiger charge is 2.29. The maximum atomic E-state index is 12.0. The van der Waals surface area contributed by atoms with Crippen LogP contribution in [0.4, 0.5) is 0 Å². The van der Waals surface area contributed by atoms with Crippen molar-refractivity contribution in [3.8, 4) is 17.0 Å². The number of piperidine rings is 1. The molecular weight excluding hydrogens is 352 g/mol. The Morgan fingerprint density at radius 1 is 1.19 bits per heavy atom. The lowest BCUT2D eigenvalue weighted by atomic mass is 9.90. The molecule has 4 rings (SSSR count). The van der Waals surface area contributed by atoms with E-state index in [0.29, 0.717) is 24.5 Å². The lowest BCUT2D eigenvalue weighted by molar-refractivity contribution is -0.136. The van der Waals surface area contributed by atoms with Crippen molar-refractivity contribution < 1.29 is 14.3 Å². The predicted octanol–water partition coefficient (Wildman–Crippen LogP) is 2.94. The molecule has 26 heavy (non-hydrogen) atoms. The van der Waals surface area contributed by atoms with Crippen LogP contribution in [0.5, 0.6) is 5.75 Å². The van der Waals surface area contributed by atoms with Crippen LogP contribution in [0.1, 0.15) is 51.0 Å². The van der Waals surface area contributed by atoms with Gasteiger partial charge >= 0.3 is 0 Å². The maximum Gasteiger partial charge on any atom is 0.251 e. The van der Waals surface area contributed by atoms with E-state index >= 15 is 0 Å². The molecule has 2 fully saturated rings. The van der Waals surface area contributed by atoms with E-state index in [4.69, 9.17) is 4.74 Å². The van der Waals surface area contributed by atoms with E-state index < -0.39 is 6.04 Å². The summed E-state index contributed by atoms with van der Waals surface area (Å²) in [5, 5.41) is 14.7. The molecule has 2 aliphatic rings. The van der Waals surface area contributed by atoms with Gasteiger partial charge in [0.05, 0.1) is 18.4 Å². The Labute approximate surface area is 155 Å². The summed E-state index contributed by atoms with van der Waals surface area (Å²) in [6.07, 6.45) is 8.94. The molecule has 138 valence electrons. The lowest BCUT2D eigenvalue weighted by Crippen LogP contribution is -2.41. The topological polar surface area (TPSA) is 86.1 Å². The summed E-state index contributed by atoms with van der Waals surface area (Å²) in [5.74, 6) is 0.908. The van der Waals surface area contributed by atoms with Crippen molar-refractivity contribution in [2.75, 3.05) is 6.61 Å². The smallest absolute Gasteiger partial charge is 0.251 e. The lowest BCUT2D eigenvalue weighted by Gasteiger charge is -2.21. The molecule has 2 aromatic heterocycles. The van der Waals surface area contributed by atoms with E-state index in [2.05, 4.69) is 15.6 Å². The minimum absolute atomic E-state index is 0.233. The molecule has 1 atom stereocenters. The molecule has 2 amide bonds. The highest BCUT2D eigenvalue weighted by Crippen LogP contribution is 2.34. The summed E-state index contributed by atoms with van der Waals surface area (Å²) < 4.78 is 7.61. The van der Waals surface area contributed by atoms with Crippen molar-refractivity contribution in [3.63, 3.8) is 0 Å². The Kier molecular flexibility index (Phi) is 5.01. The molecule has 1 saturated heterocycles. The van der Waals surface area contributed by atoms with Crippen molar-refractivity contribution in [2.24, 2.45) is 5.92 Å². The van der Waals surface area contributed by atoms with Crippen molar-refractivity contribution in [1.29, 1.82) is 0 Å². The van der Waals surface area contributed by atoms with Gasteiger partial charge in [-0.25, -0.2) is 4.68 Å². The van der Waals surface area contributed by atoms with Gasteiger partial charge < -0.3 is 4.74 Å². The van der Waals surface area contributed by atoms with Crippen molar-refractivity contribution in [3.05, 3.63) is 17.0 Å². The summed E-state index contributed by atoms with van der Waals surface area (Å²) in [6.45, 7) is 0.741. The Bertz CT molecular complexity index is 794. The molecule has 1 aliphatic heterocycles. The minimum atomic E-state index is -0.487. The van der Waals surface area contributed by atoms with Gasteiger partial charge in [-0.15, -0.1) is 16.4 Å². The van der Waals surface area contributed by atoms with Crippen LogP contribution in [0.15, 0.2) is 17.0 Å². The van der Waals surface area contributed by atoms with Crippen LogP contribution in [0.2, 0.25) is 0 Å². The molecule has 0 aromatic carbocycles. The number of amides is 2. The number of carbonyl (C=O) groups excluding carboxylic acids is 2. The number of nitrogens with one attached hydrogen (secondary N) is 1. The van der Waals surface area contributed by atoms with Gasteiger partial charge in [-0.05, 0) is 25.2 Å². The Hall–Kier alpha value is -2.22. The van der Waals surface area contributed by atoms with E-state index in [-0.39, 0.29) is 11.8 Å². The summed E-state index contributed by atoms with van der Waals surface area (Å²) in [6, 6.07) is -0.487. The molecule has 1 N–H and O–H groups in total. The second-order valence-electron chi connectivity index (χ2n) is 7.02. The molecule has 8 heteroatoms. The van der Waals surface area contributed by atoms with E-state index in [1.807, 2.05) is 10.8 Å². The fourth-order valence-electron chi connectivity index (χ4n) is 3.63. The van der Waals surface area contributed by atoms with Crippen LogP contribution >= 0.6 is 11.3 Å². The fraction of sp³-hybridized carbons (Fsp3) is 0.556. The van der Waals surface area contributed by atoms with Gasteiger partial charge in [0.15, 0.2) is 0 Å². The number of ether oxygens (including phenoxy) is 1. The van der Waals surface area contributed by atoms with E-state index in [1.54, 1.807) is 22.2 Å². The number of nitrogens with zero attached hydrogens (tertiary/aromatic N) is 3. The first-order valence-electron chi connectivity index (χ1n) is 9.15. The molecule has 0 radical (unpaired) electrons. The van der Waals surface area contributed by atoms with Crippen molar-refractivity contribution in [1.82, 2.24) is 20.3 Å². The summed E-state index contributed by atoms with van der Waals surface area (Å²) >= 11 is 1.57. The number of hydrogen-bond acceptors (Lipinski definition) is 6. The third kappa shape index (κ3) is 3.65. The summed E-state index contributed by atoms with van der Waals surface area (Å²) in [4.78, 5) is 23.3. The van der Waals surface area contributed by atoms with Crippen LogP contribution in [0, 0.1) is 5.92 Å². The monoisotopic (exact) mass is 374 g/mol. The zero-order valence-electron chi connectivity index (χ0n) is 14.5. The van der Waals surface area contributed by atoms with Crippen LogP contribution in [-0.2, 0) is 9.59 Å². The van der Waals surface area contributed by atoms with Gasteiger partial charge in [-0.3, -0.25) is 14.9 Å². The van der Waals surface area contributed by atoms with E-state index in [0.717, 1.165) is 17.9 Å². The molecule has 1 saturated carbocycles. The highest BCUT2D eigenvalue weighted by atomic mass is 32.1. The zero-order valence-corrected chi connectivity index (χ0v) is 15.3. The zero-order chi connectivity index (χ0) is 17.9. The number of imide groups is 1. The summed E-state index contributed by atoms with van der Waals surface area (Å²) in [5.41, 5.74) is 1.60. The molecule has 7 nitrogen and oxygen atoms in total. The quantitative estimate of drug-likeness (QED) is 0.813. The van der Waals surface area contributed by atoms with Crippen molar-refractivity contribution >= 4 is 23.2 Å². The number of hydrogen-bond donors (Lipinski definition) is 1. The Balaban J connectivity index is 1.45. The van der Waals surface area contributed by atoms with Crippen LogP contribution in [0.3, 0.4) is 0 Å². The normalized spacial score (nSPS) is 21.6. The first-order valence-corrected chi connectivity index (χ1v) is 10.1. The van der Waals surface area contributed by atoms with Gasteiger partial charge in [0.2, 0.25) is 5.91 Å². The van der Waals surface area contributed by atoms with Gasteiger partial charge in [0.1, 0.15) is 17.5 Å². The fourth-order valence-corrected chi connectivity index (χ4v) is 4.39. The number of rotatable bonds is 5. The number of carbonyl (C=O) groups is 2. The average Bonchev–Trinajstić information content (AvgIpc) is 3.30. The maximum absolute atomic E-state index is 12.0. The molecule has 1 aliphatic carbocycles. The van der Waals surface area contributed by atoms with Crippen LogP contribution in [-0.4, -0.2) is 33.4 Å². The Morgan fingerprint density at radius 2 is 2.04 bits per heavy atom. The predicted molar refractivity (Wildman–Crippen MR) is 96.8 cm³/mol. The third-order valence-corrected chi connectivity index (χ3v) is 5.86. The third-order valence-electron chi connectivity index (χ3n) is 5.14. The van der Waals surface area contributed by atoms with Crippen molar-refractivity contribution in [2.45, 2.75) is 51.0 Å². The Morgan fingerprint density at radius 3 is 2.85 bits per heavy atom. The first-order chi connectivity index (χ1) is 12.7. The molecular formula is C18H22N4O3S. The van der Waals surface area contributed by atoms with Crippen LogP contribution in [0.25, 0.3) is 11.3 Å². The highest BCUT2D eigenvalue weighted by molar-refractivity contribution is 7.08. The minimum Gasteiger partial charge on any atom is -0.492 e. The second-order valence-corrected chi connectivity index (χ2v) is 7.76. The molecule has 3 heterocycles. The molecule has 0 spiro atoms. The largest absolute Gasteiger partial charge is 0.492 e. The first kappa shape index (κ1) is 17.2. The molecule has 2 aromatic rings. The van der Waals surface area contributed by atoms with Gasteiger partial charge in [-0.1, -0.05) is 24.5 Å². The van der Waals surface area contributed by atoms with Gasteiger partial charge in [0, 0.05) is 17.2 Å². The molecule has 0 bridgehead atoms. The second kappa shape index (κ2) is 7.57.